The highest BCUT2D eigenvalue weighted by Crippen LogP contribution is 2.23. The van der Waals surface area contributed by atoms with E-state index in [1.54, 1.807) is 13.3 Å². The summed E-state index contributed by atoms with van der Waals surface area (Å²) in [5, 5.41) is 3.35. The maximum absolute atomic E-state index is 5.59. The van der Waals surface area contributed by atoms with E-state index in [0.717, 1.165) is 19.3 Å². The van der Waals surface area contributed by atoms with Gasteiger partial charge in [-0.2, -0.15) is 4.98 Å². The zero-order chi connectivity index (χ0) is 13.4. The summed E-state index contributed by atoms with van der Waals surface area (Å²) >= 11 is 0. The molecule has 0 amide bonds. The largest absolute Gasteiger partial charge is 0.491 e. The SMILES string of the molecule is C=CC[C@H](CCCC)Nc1nc(N)ncc1OC. The average molecular weight is 250 g/mol. The highest BCUT2D eigenvalue weighted by molar-refractivity contribution is 5.51. The van der Waals surface area contributed by atoms with Crippen LogP contribution >= 0.6 is 0 Å². The fourth-order valence-corrected chi connectivity index (χ4v) is 1.73. The molecule has 18 heavy (non-hydrogen) atoms. The van der Waals surface area contributed by atoms with Crippen LogP contribution in [0.1, 0.15) is 32.6 Å². The molecule has 1 atom stereocenters. The third-order valence-corrected chi connectivity index (χ3v) is 2.69. The lowest BCUT2D eigenvalue weighted by Crippen LogP contribution is -2.20. The Hall–Kier alpha value is -1.78. The van der Waals surface area contributed by atoms with E-state index in [9.17, 15) is 0 Å². The molecule has 0 aromatic carbocycles. The van der Waals surface area contributed by atoms with Gasteiger partial charge in [0.25, 0.3) is 0 Å². The van der Waals surface area contributed by atoms with Crippen LogP contribution < -0.4 is 15.8 Å². The predicted octanol–water partition coefficient (Wildman–Crippen LogP) is 2.61. The number of unbranched alkanes of at least 4 members (excludes halogenated alkanes) is 1. The van der Waals surface area contributed by atoms with E-state index in [2.05, 4.69) is 28.8 Å². The zero-order valence-electron chi connectivity index (χ0n) is 11.1. The summed E-state index contributed by atoms with van der Waals surface area (Å²) in [6.45, 7) is 5.96. The summed E-state index contributed by atoms with van der Waals surface area (Å²) < 4.78 is 5.21. The molecule has 0 aliphatic rings. The lowest BCUT2D eigenvalue weighted by molar-refractivity contribution is 0.412. The Kier molecular flexibility index (Phi) is 5.97. The van der Waals surface area contributed by atoms with E-state index in [0.29, 0.717) is 17.6 Å². The van der Waals surface area contributed by atoms with Gasteiger partial charge in [0.05, 0.1) is 13.3 Å². The van der Waals surface area contributed by atoms with Gasteiger partial charge >= 0.3 is 0 Å². The maximum atomic E-state index is 5.59. The molecule has 0 fully saturated rings. The Morgan fingerprint density at radius 3 is 3.00 bits per heavy atom. The molecule has 5 heteroatoms. The number of nitrogens with zero attached hydrogens (tertiary/aromatic N) is 2. The molecule has 0 unspecified atom stereocenters. The van der Waals surface area contributed by atoms with Gasteiger partial charge in [-0.25, -0.2) is 4.98 Å². The van der Waals surface area contributed by atoms with Crippen LogP contribution in [0.3, 0.4) is 0 Å². The van der Waals surface area contributed by atoms with Gasteiger partial charge in [0.15, 0.2) is 11.6 Å². The van der Waals surface area contributed by atoms with E-state index in [-0.39, 0.29) is 5.95 Å². The summed E-state index contributed by atoms with van der Waals surface area (Å²) in [6, 6.07) is 0.297. The number of nitrogens with one attached hydrogen (secondary N) is 1. The summed E-state index contributed by atoms with van der Waals surface area (Å²) in [4.78, 5) is 8.08. The summed E-state index contributed by atoms with van der Waals surface area (Å²) in [5.41, 5.74) is 5.59. The molecule has 0 bridgehead atoms. The van der Waals surface area contributed by atoms with Crippen molar-refractivity contribution in [2.24, 2.45) is 0 Å². The van der Waals surface area contributed by atoms with E-state index in [1.165, 1.54) is 6.42 Å². The predicted molar refractivity (Wildman–Crippen MR) is 74.7 cm³/mol. The van der Waals surface area contributed by atoms with Gasteiger partial charge in [-0.05, 0) is 12.8 Å². The second kappa shape index (κ2) is 7.53. The molecule has 0 spiro atoms. The standard InChI is InChI=1S/C13H22N4O/c1-4-6-8-10(7-5-2)16-12-11(18-3)9-15-13(14)17-12/h5,9-10H,2,4,6-8H2,1,3H3,(H3,14,15,16,17)/t10-/m1/s1. The van der Waals surface area contributed by atoms with Gasteiger partial charge in [0, 0.05) is 6.04 Å². The fraction of sp³-hybridized carbons (Fsp3) is 0.538. The van der Waals surface area contributed by atoms with Crippen LogP contribution in [0.15, 0.2) is 18.9 Å². The normalized spacial score (nSPS) is 11.9. The van der Waals surface area contributed by atoms with Crippen LogP contribution in [0, 0.1) is 0 Å². The van der Waals surface area contributed by atoms with Crippen molar-refractivity contribution in [2.45, 2.75) is 38.6 Å². The number of aromatic nitrogens is 2. The Morgan fingerprint density at radius 1 is 1.61 bits per heavy atom. The molecular formula is C13H22N4O. The Labute approximate surface area is 108 Å². The average Bonchev–Trinajstić information content (AvgIpc) is 2.36. The Balaban J connectivity index is 2.77. The first-order valence-electron chi connectivity index (χ1n) is 6.25. The topological polar surface area (TPSA) is 73.1 Å². The number of nitrogens with two attached hydrogens (primary N) is 1. The van der Waals surface area contributed by atoms with Gasteiger partial charge in [-0.3, -0.25) is 0 Å². The maximum Gasteiger partial charge on any atom is 0.222 e. The number of anilines is 2. The van der Waals surface area contributed by atoms with Crippen molar-refractivity contribution in [3.8, 4) is 5.75 Å². The molecule has 1 aromatic heterocycles. The monoisotopic (exact) mass is 250 g/mol. The molecular weight excluding hydrogens is 228 g/mol. The molecule has 1 heterocycles. The molecule has 0 aliphatic carbocycles. The number of nitrogen functional groups attached to an aromatic ring is 1. The molecule has 0 saturated heterocycles. The third-order valence-electron chi connectivity index (χ3n) is 2.69. The van der Waals surface area contributed by atoms with Crippen LogP contribution in [-0.4, -0.2) is 23.1 Å². The van der Waals surface area contributed by atoms with Crippen LogP contribution in [-0.2, 0) is 0 Å². The Bertz CT molecular complexity index is 381. The number of rotatable bonds is 8. The first kappa shape index (κ1) is 14.3. The van der Waals surface area contributed by atoms with Crippen molar-refractivity contribution < 1.29 is 4.74 Å². The Morgan fingerprint density at radius 2 is 2.39 bits per heavy atom. The van der Waals surface area contributed by atoms with Gasteiger partial charge in [-0.15, -0.1) is 6.58 Å². The van der Waals surface area contributed by atoms with Crippen molar-refractivity contribution in [3.05, 3.63) is 18.9 Å². The fourth-order valence-electron chi connectivity index (χ4n) is 1.73. The number of methoxy groups -OCH3 is 1. The van der Waals surface area contributed by atoms with Gasteiger partial charge in [-0.1, -0.05) is 25.8 Å². The highest BCUT2D eigenvalue weighted by Gasteiger charge is 2.12. The van der Waals surface area contributed by atoms with Crippen LogP contribution in [0.25, 0.3) is 0 Å². The lowest BCUT2D eigenvalue weighted by atomic mass is 10.1. The quantitative estimate of drug-likeness (QED) is 0.694. The molecule has 0 radical (unpaired) electrons. The molecule has 100 valence electrons. The summed E-state index contributed by atoms with van der Waals surface area (Å²) in [7, 11) is 1.59. The first-order chi connectivity index (χ1) is 8.71. The van der Waals surface area contributed by atoms with Crippen molar-refractivity contribution in [3.63, 3.8) is 0 Å². The minimum Gasteiger partial charge on any atom is -0.491 e. The molecule has 1 aromatic rings. The van der Waals surface area contributed by atoms with Gasteiger partial charge in [0.1, 0.15) is 0 Å². The van der Waals surface area contributed by atoms with Crippen LogP contribution in [0.5, 0.6) is 5.75 Å². The molecule has 0 saturated carbocycles. The van der Waals surface area contributed by atoms with Crippen LogP contribution in [0.2, 0.25) is 0 Å². The minimum absolute atomic E-state index is 0.242. The second-order valence-corrected chi connectivity index (χ2v) is 4.15. The van der Waals surface area contributed by atoms with E-state index >= 15 is 0 Å². The third kappa shape index (κ3) is 4.24. The molecule has 0 aliphatic heterocycles. The van der Waals surface area contributed by atoms with Gasteiger partial charge < -0.3 is 15.8 Å². The van der Waals surface area contributed by atoms with E-state index in [1.807, 2.05) is 6.08 Å². The zero-order valence-corrected chi connectivity index (χ0v) is 11.1. The number of ether oxygens (including phenoxy) is 1. The smallest absolute Gasteiger partial charge is 0.222 e. The lowest BCUT2D eigenvalue weighted by Gasteiger charge is -2.19. The number of hydrogen-bond acceptors (Lipinski definition) is 5. The van der Waals surface area contributed by atoms with Crippen molar-refractivity contribution in [2.75, 3.05) is 18.2 Å². The van der Waals surface area contributed by atoms with E-state index in [4.69, 9.17) is 10.5 Å². The highest BCUT2D eigenvalue weighted by atomic mass is 16.5. The van der Waals surface area contributed by atoms with Crippen molar-refractivity contribution in [1.82, 2.24) is 9.97 Å². The summed E-state index contributed by atoms with van der Waals surface area (Å²) in [5.74, 6) is 1.49. The van der Waals surface area contributed by atoms with Crippen LogP contribution in [0.4, 0.5) is 11.8 Å². The van der Waals surface area contributed by atoms with Crippen molar-refractivity contribution in [1.29, 1.82) is 0 Å². The number of hydrogen-bond donors (Lipinski definition) is 2. The minimum atomic E-state index is 0.242. The van der Waals surface area contributed by atoms with Gasteiger partial charge in [0.2, 0.25) is 5.95 Å². The van der Waals surface area contributed by atoms with Crippen molar-refractivity contribution >= 4 is 11.8 Å². The van der Waals surface area contributed by atoms with E-state index < -0.39 is 0 Å². The second-order valence-electron chi connectivity index (χ2n) is 4.15. The molecule has 1 rings (SSSR count). The molecule has 5 nitrogen and oxygen atoms in total. The molecule has 3 N–H and O–H groups in total. The first-order valence-corrected chi connectivity index (χ1v) is 6.25. The summed E-state index contributed by atoms with van der Waals surface area (Å²) in [6.07, 6.45) is 7.76.